The van der Waals surface area contributed by atoms with Gasteiger partial charge in [0.05, 0.1) is 12.7 Å². The third-order valence-electron chi connectivity index (χ3n) is 3.05. The predicted octanol–water partition coefficient (Wildman–Crippen LogP) is 2.03. The summed E-state index contributed by atoms with van der Waals surface area (Å²) in [6.07, 6.45) is 1.05. The number of fused-ring (bicyclic) bond motifs is 1. The number of methoxy groups -OCH3 is 1. The van der Waals surface area contributed by atoms with Crippen LogP contribution in [0, 0.1) is 0 Å². The maximum atomic E-state index is 12.3. The fraction of sp³-hybridized carbons (Fsp3) is 0.308. The van der Waals surface area contributed by atoms with Crippen LogP contribution >= 0.6 is 11.8 Å². The van der Waals surface area contributed by atoms with E-state index >= 15 is 0 Å². The lowest BCUT2D eigenvalue weighted by Gasteiger charge is -2.14. The van der Waals surface area contributed by atoms with E-state index in [1.165, 1.54) is 0 Å². The SMILES string of the molecule is COc1ccccc1C(=O)Nc1nnc2n1CCCS2. The number of carbonyl (C=O) groups is 1. The van der Waals surface area contributed by atoms with Gasteiger partial charge in [-0.25, -0.2) is 0 Å². The third-order valence-corrected chi connectivity index (χ3v) is 4.10. The monoisotopic (exact) mass is 290 g/mol. The van der Waals surface area contributed by atoms with Crippen molar-refractivity contribution in [3.63, 3.8) is 0 Å². The maximum Gasteiger partial charge on any atom is 0.261 e. The highest BCUT2D eigenvalue weighted by atomic mass is 32.2. The largest absolute Gasteiger partial charge is 0.496 e. The Morgan fingerprint density at radius 1 is 1.40 bits per heavy atom. The molecule has 0 fully saturated rings. The number of nitrogens with zero attached hydrogens (tertiary/aromatic N) is 3. The van der Waals surface area contributed by atoms with Crippen LogP contribution in [-0.4, -0.2) is 33.5 Å². The molecule has 1 aliphatic rings. The molecule has 0 saturated heterocycles. The second kappa shape index (κ2) is 5.54. The third kappa shape index (κ3) is 2.36. The minimum atomic E-state index is -0.242. The second-order valence-electron chi connectivity index (χ2n) is 4.31. The summed E-state index contributed by atoms with van der Waals surface area (Å²) in [7, 11) is 1.54. The summed E-state index contributed by atoms with van der Waals surface area (Å²) in [4.78, 5) is 12.3. The molecular weight excluding hydrogens is 276 g/mol. The van der Waals surface area contributed by atoms with E-state index in [4.69, 9.17) is 4.74 Å². The molecule has 0 spiro atoms. The standard InChI is InChI=1S/C13H14N4O2S/c1-19-10-6-3-2-5-9(10)11(18)14-12-15-16-13-17(12)7-4-8-20-13/h2-3,5-6H,4,7-8H2,1H3,(H,14,15,18). The molecule has 20 heavy (non-hydrogen) atoms. The molecule has 104 valence electrons. The second-order valence-corrected chi connectivity index (χ2v) is 5.38. The van der Waals surface area contributed by atoms with Crippen LogP contribution in [-0.2, 0) is 6.54 Å². The van der Waals surface area contributed by atoms with Crippen LogP contribution in [0.15, 0.2) is 29.4 Å². The van der Waals surface area contributed by atoms with Crippen LogP contribution in [0.25, 0.3) is 0 Å². The van der Waals surface area contributed by atoms with Gasteiger partial charge in [-0.2, -0.15) is 0 Å². The Labute approximate surface area is 120 Å². The predicted molar refractivity (Wildman–Crippen MR) is 76.3 cm³/mol. The van der Waals surface area contributed by atoms with E-state index in [-0.39, 0.29) is 5.91 Å². The zero-order chi connectivity index (χ0) is 13.9. The number of hydrogen-bond acceptors (Lipinski definition) is 5. The first kappa shape index (κ1) is 13.0. The highest BCUT2D eigenvalue weighted by Crippen LogP contribution is 2.26. The van der Waals surface area contributed by atoms with Gasteiger partial charge in [-0.3, -0.25) is 14.7 Å². The molecule has 0 unspecified atom stereocenters. The Morgan fingerprint density at radius 3 is 3.10 bits per heavy atom. The van der Waals surface area contributed by atoms with Gasteiger partial charge in [0, 0.05) is 12.3 Å². The van der Waals surface area contributed by atoms with E-state index in [0.717, 1.165) is 23.9 Å². The summed E-state index contributed by atoms with van der Waals surface area (Å²) < 4.78 is 7.12. The number of amides is 1. The molecule has 3 rings (SSSR count). The van der Waals surface area contributed by atoms with Crippen LogP contribution in [0.3, 0.4) is 0 Å². The number of aromatic nitrogens is 3. The van der Waals surface area contributed by atoms with Crippen molar-refractivity contribution in [1.29, 1.82) is 0 Å². The Balaban J connectivity index is 1.84. The van der Waals surface area contributed by atoms with Crippen LogP contribution in [0.2, 0.25) is 0 Å². The molecule has 1 amide bonds. The molecule has 0 radical (unpaired) electrons. The molecule has 7 heteroatoms. The Kier molecular flexibility index (Phi) is 3.60. The summed E-state index contributed by atoms with van der Waals surface area (Å²) in [6, 6.07) is 7.10. The zero-order valence-corrected chi connectivity index (χ0v) is 11.8. The van der Waals surface area contributed by atoms with Crippen molar-refractivity contribution in [2.45, 2.75) is 18.1 Å². The summed E-state index contributed by atoms with van der Waals surface area (Å²) in [5.41, 5.74) is 0.482. The van der Waals surface area contributed by atoms with Crippen molar-refractivity contribution in [2.75, 3.05) is 18.2 Å². The van der Waals surface area contributed by atoms with E-state index in [9.17, 15) is 4.79 Å². The maximum absolute atomic E-state index is 12.3. The average Bonchev–Trinajstić information content (AvgIpc) is 2.90. The molecule has 0 atom stereocenters. The molecule has 1 aromatic heterocycles. The fourth-order valence-electron chi connectivity index (χ4n) is 2.08. The molecule has 6 nitrogen and oxygen atoms in total. The Hall–Kier alpha value is -2.02. The number of nitrogens with one attached hydrogen (secondary N) is 1. The van der Waals surface area contributed by atoms with Crippen LogP contribution < -0.4 is 10.1 Å². The normalized spacial score (nSPS) is 13.7. The van der Waals surface area contributed by atoms with Crippen molar-refractivity contribution in [3.05, 3.63) is 29.8 Å². The molecule has 0 aliphatic carbocycles. The number of rotatable bonds is 3. The summed E-state index contributed by atoms with van der Waals surface area (Å²) in [5.74, 6) is 1.83. The lowest BCUT2D eigenvalue weighted by atomic mass is 10.2. The van der Waals surface area contributed by atoms with Gasteiger partial charge in [0.1, 0.15) is 5.75 Å². The van der Waals surface area contributed by atoms with Crippen molar-refractivity contribution in [2.24, 2.45) is 0 Å². The van der Waals surface area contributed by atoms with Gasteiger partial charge in [0.15, 0.2) is 5.16 Å². The minimum Gasteiger partial charge on any atom is -0.496 e. The topological polar surface area (TPSA) is 69.0 Å². The minimum absolute atomic E-state index is 0.242. The lowest BCUT2D eigenvalue weighted by molar-refractivity contribution is 0.102. The number of thioether (sulfide) groups is 1. The van der Waals surface area contributed by atoms with Crippen molar-refractivity contribution in [1.82, 2.24) is 14.8 Å². The van der Waals surface area contributed by atoms with E-state index in [0.29, 0.717) is 17.3 Å². The quantitative estimate of drug-likeness (QED) is 0.936. The molecule has 0 bridgehead atoms. The van der Waals surface area contributed by atoms with Gasteiger partial charge >= 0.3 is 0 Å². The first-order valence-electron chi connectivity index (χ1n) is 6.30. The first-order valence-corrected chi connectivity index (χ1v) is 7.28. The van der Waals surface area contributed by atoms with E-state index in [1.807, 2.05) is 10.6 Å². The number of hydrogen-bond donors (Lipinski definition) is 1. The van der Waals surface area contributed by atoms with Gasteiger partial charge < -0.3 is 4.74 Å². The summed E-state index contributed by atoms with van der Waals surface area (Å²) >= 11 is 1.65. The lowest BCUT2D eigenvalue weighted by Crippen LogP contribution is -2.18. The Morgan fingerprint density at radius 2 is 2.25 bits per heavy atom. The van der Waals surface area contributed by atoms with Crippen molar-refractivity contribution >= 4 is 23.6 Å². The summed E-state index contributed by atoms with van der Waals surface area (Å²) in [6.45, 7) is 0.830. The van der Waals surface area contributed by atoms with Gasteiger partial charge in [0.2, 0.25) is 5.95 Å². The molecule has 2 aromatic rings. The number of benzene rings is 1. The molecule has 0 saturated carbocycles. The molecule has 1 aromatic carbocycles. The number of para-hydroxylation sites is 1. The van der Waals surface area contributed by atoms with E-state index in [1.54, 1.807) is 37.1 Å². The van der Waals surface area contributed by atoms with E-state index < -0.39 is 0 Å². The highest BCUT2D eigenvalue weighted by molar-refractivity contribution is 7.99. The Bertz CT molecular complexity index is 641. The molecule has 1 N–H and O–H groups in total. The van der Waals surface area contributed by atoms with Crippen molar-refractivity contribution < 1.29 is 9.53 Å². The number of anilines is 1. The van der Waals surface area contributed by atoms with Crippen LogP contribution in [0.1, 0.15) is 16.8 Å². The first-order chi connectivity index (χ1) is 9.79. The van der Waals surface area contributed by atoms with Gasteiger partial charge in [-0.1, -0.05) is 23.9 Å². The number of ether oxygens (including phenoxy) is 1. The molecular formula is C13H14N4O2S. The molecule has 2 heterocycles. The van der Waals surface area contributed by atoms with Crippen LogP contribution in [0.5, 0.6) is 5.75 Å². The zero-order valence-electron chi connectivity index (χ0n) is 11.0. The molecule has 1 aliphatic heterocycles. The van der Waals surface area contributed by atoms with Crippen LogP contribution in [0.4, 0.5) is 5.95 Å². The van der Waals surface area contributed by atoms with Gasteiger partial charge in [-0.15, -0.1) is 10.2 Å². The van der Waals surface area contributed by atoms with Gasteiger partial charge in [0.25, 0.3) is 5.91 Å². The highest BCUT2D eigenvalue weighted by Gasteiger charge is 2.19. The fourth-order valence-corrected chi connectivity index (χ4v) is 2.96. The summed E-state index contributed by atoms with van der Waals surface area (Å²) in [5, 5.41) is 11.8. The van der Waals surface area contributed by atoms with E-state index in [2.05, 4.69) is 15.5 Å². The number of carbonyl (C=O) groups excluding carboxylic acids is 1. The smallest absolute Gasteiger partial charge is 0.261 e. The van der Waals surface area contributed by atoms with Crippen molar-refractivity contribution in [3.8, 4) is 5.75 Å². The average molecular weight is 290 g/mol. The van der Waals surface area contributed by atoms with Gasteiger partial charge in [-0.05, 0) is 18.6 Å².